The number of benzene rings is 13. The summed E-state index contributed by atoms with van der Waals surface area (Å²) in [4.78, 5) is 0. The Kier molecular flexibility index (Phi) is 7.52. The van der Waals surface area contributed by atoms with Crippen LogP contribution in [-0.2, 0) is 5.41 Å². The summed E-state index contributed by atoms with van der Waals surface area (Å²) in [7, 11) is 0. The summed E-state index contributed by atoms with van der Waals surface area (Å²) in [5, 5.41) is 15.3. The van der Waals surface area contributed by atoms with Crippen LogP contribution < -0.4 is 0 Å². The average Bonchev–Trinajstić information content (AvgIpc) is 3.88. The van der Waals surface area contributed by atoms with Gasteiger partial charge in [0.1, 0.15) is 0 Å². The Balaban J connectivity index is 1.03. The third kappa shape index (κ3) is 4.86. The van der Waals surface area contributed by atoms with Gasteiger partial charge >= 0.3 is 0 Å². The molecule has 0 aliphatic heterocycles. The molecule has 0 saturated heterocycles. The van der Waals surface area contributed by atoms with Crippen LogP contribution in [0.1, 0.15) is 22.3 Å². The molecule has 0 fully saturated rings. The lowest BCUT2D eigenvalue weighted by atomic mass is 9.69. The Morgan fingerprint density at radius 1 is 0.209 bits per heavy atom. The van der Waals surface area contributed by atoms with Gasteiger partial charge in [0.15, 0.2) is 0 Å². The molecule has 0 N–H and O–H groups in total. The van der Waals surface area contributed by atoms with Crippen LogP contribution in [0.3, 0.4) is 0 Å². The van der Waals surface area contributed by atoms with E-state index in [-0.39, 0.29) is 0 Å². The highest BCUT2D eigenvalue weighted by Crippen LogP contribution is 2.66. The van der Waals surface area contributed by atoms with Crippen molar-refractivity contribution in [3.63, 3.8) is 0 Å². The summed E-state index contributed by atoms with van der Waals surface area (Å²) in [6.45, 7) is 0. The molecule has 0 heterocycles. The molecule has 0 radical (unpaired) electrons. The van der Waals surface area contributed by atoms with E-state index in [0.29, 0.717) is 0 Å². The van der Waals surface area contributed by atoms with E-state index < -0.39 is 5.41 Å². The van der Waals surface area contributed by atoms with Crippen molar-refractivity contribution in [2.75, 3.05) is 0 Å². The van der Waals surface area contributed by atoms with Gasteiger partial charge in [-0.1, -0.05) is 231 Å². The first-order valence-corrected chi connectivity index (χ1v) is 23.5. The maximum atomic E-state index is 2.52. The van der Waals surface area contributed by atoms with Gasteiger partial charge in [0, 0.05) is 0 Å². The van der Waals surface area contributed by atoms with Crippen molar-refractivity contribution in [3.05, 3.63) is 265 Å². The third-order valence-corrected chi connectivity index (χ3v) is 15.4. The zero-order valence-electron chi connectivity index (χ0n) is 36.6. The van der Waals surface area contributed by atoms with Gasteiger partial charge in [0.25, 0.3) is 0 Å². The number of fused-ring (bicyclic) bond motifs is 20. The van der Waals surface area contributed by atoms with Crippen LogP contribution in [0.15, 0.2) is 243 Å². The fourth-order valence-corrected chi connectivity index (χ4v) is 12.8. The fraction of sp³-hybridized carbons (Fsp3) is 0.0149. The smallest absolute Gasteiger partial charge is 0.0619 e. The summed E-state index contributed by atoms with van der Waals surface area (Å²) in [6.07, 6.45) is 0. The number of rotatable bonds is 3. The molecule has 67 heavy (non-hydrogen) atoms. The van der Waals surface area contributed by atoms with Gasteiger partial charge in [0.2, 0.25) is 0 Å². The lowest BCUT2D eigenvalue weighted by Gasteiger charge is -2.32. The van der Waals surface area contributed by atoms with E-state index in [1.807, 2.05) is 0 Å². The van der Waals surface area contributed by atoms with E-state index in [0.717, 1.165) is 0 Å². The highest BCUT2D eigenvalue weighted by molar-refractivity contribution is 6.26. The molecule has 0 heteroatoms. The van der Waals surface area contributed by atoms with Crippen LogP contribution in [0.2, 0.25) is 0 Å². The molecule has 15 rings (SSSR count). The van der Waals surface area contributed by atoms with Crippen molar-refractivity contribution in [1.29, 1.82) is 0 Å². The Bertz CT molecular complexity index is 4170. The standard InChI is InChI=1S/C67H40/c1-3-22-46-41(17-1)19-16-32-47(46)43-20-15-21-44(39-43)62-53-28-7-9-30-55(53)63(56-31-10-8-29-54(56)62)45-35-37-57-58(40-45)49-24-5-6-27-52(49)65-64-48-23-4-2-18-42(48)36-38-61(64)67(66(57)65)59-33-13-11-25-50(59)51-26-12-14-34-60(51)67/h1-40H. The molecule has 2 aliphatic rings. The van der Waals surface area contributed by atoms with Crippen molar-refractivity contribution >= 4 is 64.6 Å². The minimum Gasteiger partial charge on any atom is -0.0619 e. The fourth-order valence-electron chi connectivity index (χ4n) is 12.8. The molecule has 13 aromatic rings. The molecule has 13 aromatic carbocycles. The summed E-state index contributed by atoms with van der Waals surface area (Å²) < 4.78 is 0. The maximum Gasteiger partial charge on any atom is 0.0732 e. The monoisotopic (exact) mass is 844 g/mol. The molecule has 1 spiro atoms. The lowest BCUT2D eigenvalue weighted by molar-refractivity contribution is 0.802. The predicted molar refractivity (Wildman–Crippen MR) is 284 cm³/mol. The highest BCUT2D eigenvalue weighted by atomic mass is 14.5. The van der Waals surface area contributed by atoms with Crippen LogP contribution in [0, 0.1) is 0 Å². The third-order valence-electron chi connectivity index (χ3n) is 15.4. The topological polar surface area (TPSA) is 0 Å². The van der Waals surface area contributed by atoms with Crippen molar-refractivity contribution in [2.45, 2.75) is 5.41 Å². The van der Waals surface area contributed by atoms with Crippen LogP contribution in [0.5, 0.6) is 0 Å². The van der Waals surface area contributed by atoms with Gasteiger partial charge in [-0.2, -0.15) is 0 Å². The predicted octanol–water partition coefficient (Wildman–Crippen LogP) is 18.0. The van der Waals surface area contributed by atoms with Crippen molar-refractivity contribution in [2.24, 2.45) is 0 Å². The second kappa shape index (κ2) is 13.7. The van der Waals surface area contributed by atoms with Gasteiger partial charge in [-0.3, -0.25) is 0 Å². The molecule has 308 valence electrons. The second-order valence-corrected chi connectivity index (χ2v) is 18.6. The first-order valence-electron chi connectivity index (χ1n) is 23.5. The van der Waals surface area contributed by atoms with E-state index in [9.17, 15) is 0 Å². The van der Waals surface area contributed by atoms with Gasteiger partial charge in [-0.05, 0) is 155 Å². The van der Waals surface area contributed by atoms with Gasteiger partial charge in [-0.15, -0.1) is 0 Å². The Hall–Kier alpha value is -8.58. The molecule has 0 amide bonds. The number of hydrogen-bond donors (Lipinski definition) is 0. The first kappa shape index (κ1) is 36.7. The van der Waals surface area contributed by atoms with E-state index >= 15 is 0 Å². The normalized spacial score (nSPS) is 13.2. The molecule has 0 unspecified atom stereocenters. The first-order chi connectivity index (χ1) is 33.3. The minimum atomic E-state index is -0.493. The Morgan fingerprint density at radius 3 is 1.33 bits per heavy atom. The molecular weight excluding hydrogens is 805 g/mol. The summed E-state index contributed by atoms with van der Waals surface area (Å²) in [5.74, 6) is 0. The maximum absolute atomic E-state index is 2.52. The molecule has 0 saturated carbocycles. The summed E-state index contributed by atoms with van der Waals surface area (Å²) >= 11 is 0. The largest absolute Gasteiger partial charge is 0.0732 e. The van der Waals surface area contributed by atoms with Gasteiger partial charge in [0.05, 0.1) is 5.41 Å². The van der Waals surface area contributed by atoms with Crippen molar-refractivity contribution in [3.8, 4) is 55.6 Å². The zero-order valence-corrected chi connectivity index (χ0v) is 36.6. The van der Waals surface area contributed by atoms with Crippen LogP contribution in [0.25, 0.3) is 120 Å². The van der Waals surface area contributed by atoms with Crippen LogP contribution in [0.4, 0.5) is 0 Å². The van der Waals surface area contributed by atoms with E-state index in [1.165, 1.54) is 143 Å². The second-order valence-electron chi connectivity index (χ2n) is 18.6. The van der Waals surface area contributed by atoms with Crippen LogP contribution >= 0.6 is 0 Å². The molecule has 0 bridgehead atoms. The van der Waals surface area contributed by atoms with E-state index in [4.69, 9.17) is 0 Å². The Morgan fingerprint density at radius 2 is 0.672 bits per heavy atom. The van der Waals surface area contributed by atoms with E-state index in [2.05, 4.69) is 243 Å². The lowest BCUT2D eigenvalue weighted by Crippen LogP contribution is -2.26. The quantitative estimate of drug-likeness (QED) is 0.123. The van der Waals surface area contributed by atoms with Crippen molar-refractivity contribution in [1.82, 2.24) is 0 Å². The molecule has 0 nitrogen and oxygen atoms in total. The highest BCUT2D eigenvalue weighted by Gasteiger charge is 2.53. The number of hydrogen-bond acceptors (Lipinski definition) is 0. The molecule has 0 aromatic heterocycles. The summed E-state index contributed by atoms with van der Waals surface area (Å²) in [5.41, 5.74) is 17.8. The van der Waals surface area contributed by atoms with Gasteiger partial charge in [-0.25, -0.2) is 0 Å². The average molecular weight is 845 g/mol. The Labute approximate surface area is 388 Å². The summed E-state index contributed by atoms with van der Waals surface area (Å²) in [6, 6.07) is 91.5. The zero-order chi connectivity index (χ0) is 43.8. The minimum absolute atomic E-state index is 0.493. The molecule has 2 aliphatic carbocycles. The molecular formula is C67H40. The van der Waals surface area contributed by atoms with Crippen molar-refractivity contribution < 1.29 is 0 Å². The van der Waals surface area contributed by atoms with Gasteiger partial charge < -0.3 is 0 Å². The SMILES string of the molecule is c1cc(-c2cccc3ccccc23)cc(-c2c3ccccc3c(-c3ccc4c5c(c6ccccc6c4c3)-c3c(ccc4ccccc34)C53c4ccccc4-c4ccccc43)c3ccccc23)c1. The van der Waals surface area contributed by atoms with E-state index in [1.54, 1.807) is 0 Å². The van der Waals surface area contributed by atoms with Crippen LogP contribution in [-0.4, -0.2) is 0 Å². The molecule has 0 atom stereocenters.